The molecule has 0 aromatic heterocycles. The monoisotopic (exact) mass is 354 g/mol. The summed E-state index contributed by atoms with van der Waals surface area (Å²) in [6, 6.07) is 15.7. The Balaban J connectivity index is 1.65. The largest absolute Gasteiger partial charge is 0.497 e. The van der Waals surface area contributed by atoms with Gasteiger partial charge in [-0.25, -0.2) is 0 Å². The molecule has 1 aliphatic heterocycles. The van der Waals surface area contributed by atoms with Crippen LogP contribution in [0.2, 0.25) is 0 Å². The summed E-state index contributed by atoms with van der Waals surface area (Å²) in [7, 11) is 3.19. The van der Waals surface area contributed by atoms with Crippen LogP contribution in [0.25, 0.3) is 0 Å². The minimum atomic E-state index is -0.209. The summed E-state index contributed by atoms with van der Waals surface area (Å²) in [5.41, 5.74) is 1.97. The number of nitrogens with zero attached hydrogens (tertiary/aromatic N) is 1. The molecule has 0 radical (unpaired) electrons. The van der Waals surface area contributed by atoms with E-state index in [-0.39, 0.29) is 11.9 Å². The second kappa shape index (κ2) is 8.23. The molecule has 1 amide bonds. The van der Waals surface area contributed by atoms with E-state index in [1.54, 1.807) is 26.4 Å². The molecule has 1 N–H and O–H groups in total. The van der Waals surface area contributed by atoms with Crippen molar-refractivity contribution in [2.75, 3.05) is 32.6 Å². The third-order valence-electron chi connectivity index (χ3n) is 5.08. The van der Waals surface area contributed by atoms with Crippen LogP contribution in [0.5, 0.6) is 11.5 Å². The van der Waals surface area contributed by atoms with E-state index in [9.17, 15) is 4.79 Å². The predicted octanol–water partition coefficient (Wildman–Crippen LogP) is 3.52. The van der Waals surface area contributed by atoms with Gasteiger partial charge in [-0.1, -0.05) is 30.3 Å². The lowest BCUT2D eigenvalue weighted by Gasteiger charge is -2.24. The van der Waals surface area contributed by atoms with Gasteiger partial charge in [0.05, 0.1) is 25.9 Å². The summed E-state index contributed by atoms with van der Waals surface area (Å²) in [4.78, 5) is 15.0. The maximum Gasteiger partial charge on any atom is 0.241 e. The molecule has 5 nitrogen and oxygen atoms in total. The van der Waals surface area contributed by atoms with E-state index in [4.69, 9.17) is 9.47 Å². The van der Waals surface area contributed by atoms with E-state index >= 15 is 0 Å². The highest BCUT2D eigenvalue weighted by Gasteiger charge is 2.30. The minimum Gasteiger partial charge on any atom is -0.497 e. The fourth-order valence-corrected chi connectivity index (χ4v) is 3.45. The first-order valence-corrected chi connectivity index (χ1v) is 8.94. The van der Waals surface area contributed by atoms with Crippen molar-refractivity contribution in [1.29, 1.82) is 0 Å². The first kappa shape index (κ1) is 18.3. The highest BCUT2D eigenvalue weighted by molar-refractivity contribution is 5.96. The molecule has 2 atom stereocenters. The van der Waals surface area contributed by atoms with Crippen LogP contribution in [-0.4, -0.2) is 44.2 Å². The van der Waals surface area contributed by atoms with Crippen molar-refractivity contribution in [3.63, 3.8) is 0 Å². The number of methoxy groups -OCH3 is 2. The van der Waals surface area contributed by atoms with Crippen LogP contribution in [-0.2, 0) is 4.79 Å². The molecule has 1 aliphatic rings. The number of hydrogen-bond donors (Lipinski definition) is 1. The summed E-state index contributed by atoms with van der Waals surface area (Å²) < 4.78 is 10.6. The summed E-state index contributed by atoms with van der Waals surface area (Å²) >= 11 is 0. The van der Waals surface area contributed by atoms with Gasteiger partial charge in [0.25, 0.3) is 0 Å². The van der Waals surface area contributed by atoms with Crippen LogP contribution in [0.1, 0.15) is 24.8 Å². The maximum absolute atomic E-state index is 12.8. The van der Waals surface area contributed by atoms with Crippen LogP contribution in [0.4, 0.5) is 5.69 Å². The molecule has 1 fully saturated rings. The molecule has 2 unspecified atom stereocenters. The molecule has 138 valence electrons. The average molecular weight is 354 g/mol. The lowest BCUT2D eigenvalue weighted by atomic mass is 9.99. The Labute approximate surface area is 154 Å². The van der Waals surface area contributed by atoms with Gasteiger partial charge in [-0.2, -0.15) is 0 Å². The van der Waals surface area contributed by atoms with Gasteiger partial charge in [0.1, 0.15) is 11.5 Å². The van der Waals surface area contributed by atoms with Crippen molar-refractivity contribution >= 4 is 11.6 Å². The van der Waals surface area contributed by atoms with Gasteiger partial charge >= 0.3 is 0 Å². The van der Waals surface area contributed by atoms with Crippen molar-refractivity contribution in [1.82, 2.24) is 4.90 Å². The number of likely N-dealkylation sites (tertiary alicyclic amines) is 1. The van der Waals surface area contributed by atoms with Crippen molar-refractivity contribution in [2.24, 2.45) is 0 Å². The van der Waals surface area contributed by atoms with Gasteiger partial charge in [0.2, 0.25) is 5.91 Å². The molecule has 26 heavy (non-hydrogen) atoms. The van der Waals surface area contributed by atoms with Crippen molar-refractivity contribution < 1.29 is 14.3 Å². The zero-order valence-corrected chi connectivity index (χ0v) is 15.6. The molecule has 0 spiro atoms. The number of anilines is 1. The van der Waals surface area contributed by atoms with E-state index in [1.807, 2.05) is 19.1 Å². The number of nitrogens with one attached hydrogen (secondary N) is 1. The van der Waals surface area contributed by atoms with Crippen LogP contribution in [0.3, 0.4) is 0 Å². The fourth-order valence-electron chi connectivity index (χ4n) is 3.45. The zero-order chi connectivity index (χ0) is 18.5. The first-order chi connectivity index (χ1) is 12.6. The minimum absolute atomic E-state index is 0.0368. The molecule has 2 aromatic rings. The normalized spacial score (nSPS) is 18.3. The third-order valence-corrected chi connectivity index (χ3v) is 5.08. The summed E-state index contributed by atoms with van der Waals surface area (Å²) in [5.74, 6) is 1.75. The van der Waals surface area contributed by atoms with Gasteiger partial charge in [-0.15, -0.1) is 0 Å². The lowest BCUT2D eigenvalue weighted by molar-refractivity contribution is -0.120. The van der Waals surface area contributed by atoms with Crippen LogP contribution < -0.4 is 14.8 Å². The Morgan fingerprint density at radius 3 is 2.62 bits per heavy atom. The average Bonchev–Trinajstić information content (AvgIpc) is 3.18. The third kappa shape index (κ3) is 3.99. The van der Waals surface area contributed by atoms with E-state index in [1.165, 1.54) is 5.56 Å². The number of carbonyl (C=O) groups is 1. The van der Waals surface area contributed by atoms with Crippen molar-refractivity contribution in [2.45, 2.75) is 25.3 Å². The fraction of sp³-hybridized carbons (Fsp3) is 0.381. The van der Waals surface area contributed by atoms with Gasteiger partial charge < -0.3 is 14.8 Å². The number of hydrogen-bond acceptors (Lipinski definition) is 4. The van der Waals surface area contributed by atoms with E-state index < -0.39 is 0 Å². The van der Waals surface area contributed by atoms with Crippen LogP contribution in [0, 0.1) is 0 Å². The Hall–Kier alpha value is -2.53. The summed E-state index contributed by atoms with van der Waals surface area (Å²) in [5, 5.41) is 2.98. The molecule has 1 saturated heterocycles. The summed E-state index contributed by atoms with van der Waals surface area (Å²) in [6.07, 6.45) is 1.07. The molecule has 0 aliphatic carbocycles. The lowest BCUT2D eigenvalue weighted by Crippen LogP contribution is -2.40. The molecular formula is C21H26N2O3. The van der Waals surface area contributed by atoms with Gasteiger partial charge in [0.15, 0.2) is 0 Å². The summed E-state index contributed by atoms with van der Waals surface area (Å²) in [6.45, 7) is 3.77. The number of benzene rings is 2. The molecule has 3 rings (SSSR count). The molecule has 5 heteroatoms. The Kier molecular flexibility index (Phi) is 5.78. The molecule has 2 aromatic carbocycles. The Morgan fingerprint density at radius 2 is 1.92 bits per heavy atom. The topological polar surface area (TPSA) is 50.8 Å². The predicted molar refractivity (Wildman–Crippen MR) is 103 cm³/mol. The van der Waals surface area contributed by atoms with E-state index in [0.717, 1.165) is 19.5 Å². The van der Waals surface area contributed by atoms with Gasteiger partial charge in [-0.3, -0.25) is 9.69 Å². The Bertz CT molecular complexity index is 748. The maximum atomic E-state index is 12.8. The van der Waals surface area contributed by atoms with Gasteiger partial charge in [0, 0.05) is 12.6 Å². The van der Waals surface area contributed by atoms with Crippen molar-refractivity contribution in [3.05, 3.63) is 54.1 Å². The smallest absolute Gasteiger partial charge is 0.241 e. The zero-order valence-electron chi connectivity index (χ0n) is 15.6. The Morgan fingerprint density at radius 1 is 1.15 bits per heavy atom. The second-order valence-corrected chi connectivity index (χ2v) is 6.62. The van der Waals surface area contributed by atoms with Gasteiger partial charge in [-0.05, 0) is 43.5 Å². The molecule has 1 heterocycles. The molecule has 0 bridgehead atoms. The molecule has 0 saturated carbocycles. The SMILES string of the molecule is COc1ccc(OC)c(NC(=O)C(C)N2CCC(c3ccccc3)C2)c1. The first-order valence-electron chi connectivity index (χ1n) is 8.94. The highest BCUT2D eigenvalue weighted by atomic mass is 16.5. The van der Waals surface area contributed by atoms with Crippen LogP contribution >= 0.6 is 0 Å². The number of ether oxygens (including phenoxy) is 2. The number of carbonyl (C=O) groups excluding carboxylic acids is 1. The highest BCUT2D eigenvalue weighted by Crippen LogP contribution is 2.31. The second-order valence-electron chi connectivity index (χ2n) is 6.62. The standard InChI is InChI=1S/C21H26N2O3/c1-15(23-12-11-17(14-23)16-7-5-4-6-8-16)21(24)22-19-13-18(25-2)9-10-20(19)26-3/h4-10,13,15,17H,11-12,14H2,1-3H3,(H,22,24). The van der Waals surface area contributed by atoms with Crippen LogP contribution in [0.15, 0.2) is 48.5 Å². The number of amides is 1. The van der Waals surface area contributed by atoms with E-state index in [2.05, 4.69) is 34.5 Å². The number of rotatable bonds is 6. The molecular weight excluding hydrogens is 328 g/mol. The van der Waals surface area contributed by atoms with Crippen molar-refractivity contribution in [3.8, 4) is 11.5 Å². The van der Waals surface area contributed by atoms with E-state index in [0.29, 0.717) is 23.1 Å². The quantitative estimate of drug-likeness (QED) is 0.862.